The van der Waals surface area contributed by atoms with E-state index in [9.17, 15) is 4.79 Å². The second-order valence-corrected chi connectivity index (χ2v) is 7.02. The number of pyridine rings is 1. The van der Waals surface area contributed by atoms with Crippen LogP contribution in [0.25, 0.3) is 0 Å². The molecule has 0 aromatic carbocycles. The molecule has 1 aromatic heterocycles. The molecule has 2 bridgehead atoms. The summed E-state index contributed by atoms with van der Waals surface area (Å²) in [5.41, 5.74) is 0.732. The van der Waals surface area contributed by atoms with Crippen LogP contribution in [0.15, 0.2) is 18.3 Å². The Labute approximate surface area is 125 Å². The third kappa shape index (κ3) is 2.82. The number of nitrogens with zero attached hydrogens (tertiary/aromatic N) is 3. The van der Waals surface area contributed by atoms with Crippen molar-refractivity contribution in [3.05, 3.63) is 23.9 Å². The van der Waals surface area contributed by atoms with Crippen molar-refractivity contribution in [2.75, 3.05) is 18.0 Å². The second-order valence-electron chi connectivity index (χ2n) is 7.02. The minimum atomic E-state index is -0.433. The largest absolute Gasteiger partial charge is 0.444 e. The van der Waals surface area contributed by atoms with E-state index in [2.05, 4.69) is 22.0 Å². The van der Waals surface area contributed by atoms with E-state index in [1.165, 1.54) is 5.56 Å². The van der Waals surface area contributed by atoms with Crippen LogP contribution in [0.2, 0.25) is 0 Å². The Morgan fingerprint density at radius 2 is 2.05 bits per heavy atom. The maximum absolute atomic E-state index is 12.2. The predicted molar refractivity (Wildman–Crippen MR) is 81.5 cm³/mol. The molecule has 2 atom stereocenters. The molecule has 2 saturated heterocycles. The highest BCUT2D eigenvalue weighted by Crippen LogP contribution is 2.34. The number of amides is 1. The van der Waals surface area contributed by atoms with Gasteiger partial charge in [0, 0.05) is 19.3 Å². The zero-order valence-electron chi connectivity index (χ0n) is 13.2. The molecular weight excluding hydrogens is 266 g/mol. The molecule has 5 heteroatoms. The second kappa shape index (κ2) is 4.90. The van der Waals surface area contributed by atoms with E-state index in [0.717, 1.165) is 25.3 Å². The van der Waals surface area contributed by atoms with E-state index < -0.39 is 5.60 Å². The van der Waals surface area contributed by atoms with Gasteiger partial charge in [-0.2, -0.15) is 0 Å². The van der Waals surface area contributed by atoms with Gasteiger partial charge in [-0.25, -0.2) is 9.78 Å². The molecule has 21 heavy (non-hydrogen) atoms. The number of aromatic nitrogens is 1. The van der Waals surface area contributed by atoms with E-state index in [4.69, 9.17) is 4.74 Å². The van der Waals surface area contributed by atoms with Crippen molar-refractivity contribution in [3.63, 3.8) is 0 Å². The zero-order chi connectivity index (χ0) is 15.2. The van der Waals surface area contributed by atoms with Crippen molar-refractivity contribution in [2.45, 2.75) is 51.8 Å². The van der Waals surface area contributed by atoms with Gasteiger partial charge in [-0.15, -0.1) is 0 Å². The summed E-state index contributed by atoms with van der Waals surface area (Å²) in [5.74, 6) is 1.01. The molecule has 0 saturated carbocycles. The van der Waals surface area contributed by atoms with Crippen LogP contribution < -0.4 is 4.90 Å². The van der Waals surface area contributed by atoms with Gasteiger partial charge in [-0.3, -0.25) is 0 Å². The number of carbonyl (C=O) groups excluding carboxylic acids is 1. The Balaban J connectivity index is 1.66. The Morgan fingerprint density at radius 3 is 2.57 bits per heavy atom. The van der Waals surface area contributed by atoms with Gasteiger partial charge in [0.1, 0.15) is 11.4 Å². The number of carbonyl (C=O) groups is 1. The maximum atomic E-state index is 12.2. The van der Waals surface area contributed by atoms with Crippen LogP contribution in [-0.2, 0) is 4.74 Å². The van der Waals surface area contributed by atoms with Gasteiger partial charge in [0.2, 0.25) is 0 Å². The first kappa shape index (κ1) is 14.2. The van der Waals surface area contributed by atoms with Gasteiger partial charge in [0.25, 0.3) is 0 Å². The van der Waals surface area contributed by atoms with E-state index in [0.29, 0.717) is 6.04 Å². The maximum Gasteiger partial charge on any atom is 0.410 e. The molecule has 1 aromatic rings. The fraction of sp³-hybridized carbons (Fsp3) is 0.625. The Morgan fingerprint density at radius 1 is 1.29 bits per heavy atom. The summed E-state index contributed by atoms with van der Waals surface area (Å²) in [5, 5.41) is 0. The third-order valence-corrected chi connectivity index (χ3v) is 4.06. The number of anilines is 1. The fourth-order valence-corrected chi connectivity index (χ4v) is 3.12. The fourth-order valence-electron chi connectivity index (χ4n) is 3.12. The number of aryl methyl sites for hydroxylation is 1. The molecule has 114 valence electrons. The summed E-state index contributed by atoms with van der Waals surface area (Å²) >= 11 is 0. The highest BCUT2D eigenvalue weighted by Gasteiger charge is 2.46. The molecular formula is C16H23N3O2. The minimum Gasteiger partial charge on any atom is -0.444 e. The summed E-state index contributed by atoms with van der Waals surface area (Å²) < 4.78 is 5.48. The zero-order valence-corrected chi connectivity index (χ0v) is 13.2. The average molecular weight is 289 g/mol. The van der Waals surface area contributed by atoms with Gasteiger partial charge in [-0.05, 0) is 45.7 Å². The molecule has 0 N–H and O–H groups in total. The Hall–Kier alpha value is -1.78. The number of hydrogen-bond acceptors (Lipinski definition) is 4. The monoisotopic (exact) mass is 289 g/mol. The number of piperazine rings is 1. The topological polar surface area (TPSA) is 45.7 Å². The first-order valence-electron chi connectivity index (χ1n) is 7.52. The predicted octanol–water partition coefficient (Wildman–Crippen LogP) is 2.59. The summed E-state index contributed by atoms with van der Waals surface area (Å²) in [6.45, 7) is 9.33. The van der Waals surface area contributed by atoms with Gasteiger partial charge in [-0.1, -0.05) is 6.07 Å². The smallest absolute Gasteiger partial charge is 0.410 e. The molecule has 1 amide bonds. The van der Waals surface area contributed by atoms with Gasteiger partial charge >= 0.3 is 6.09 Å². The third-order valence-electron chi connectivity index (χ3n) is 4.06. The number of fused-ring (bicyclic) bond motifs is 2. The summed E-state index contributed by atoms with van der Waals surface area (Å²) in [6, 6.07) is 4.75. The Kier molecular flexibility index (Phi) is 3.30. The SMILES string of the molecule is Cc1ccc(N2C[C@@H]3C[C@H]2CN3C(=O)OC(C)(C)C)nc1. The van der Waals surface area contributed by atoms with Gasteiger partial charge < -0.3 is 14.5 Å². The lowest BCUT2D eigenvalue weighted by Crippen LogP contribution is -2.50. The molecule has 3 heterocycles. The molecule has 2 aliphatic rings. The lowest BCUT2D eigenvalue weighted by Gasteiger charge is -2.35. The van der Waals surface area contributed by atoms with Crippen LogP contribution in [0.1, 0.15) is 32.8 Å². The quantitative estimate of drug-likeness (QED) is 0.797. The molecule has 2 fully saturated rings. The van der Waals surface area contributed by atoms with Gasteiger partial charge in [0.05, 0.1) is 12.1 Å². The minimum absolute atomic E-state index is 0.188. The highest BCUT2D eigenvalue weighted by atomic mass is 16.6. The number of rotatable bonds is 1. The normalized spacial score (nSPS) is 24.6. The average Bonchev–Trinajstić information content (AvgIpc) is 2.97. The summed E-state index contributed by atoms with van der Waals surface area (Å²) in [4.78, 5) is 20.9. The van der Waals surface area contributed by atoms with E-state index in [-0.39, 0.29) is 12.1 Å². The molecule has 2 aliphatic heterocycles. The summed E-state index contributed by atoms with van der Waals surface area (Å²) in [7, 11) is 0. The van der Waals surface area contributed by atoms with Crippen LogP contribution in [0, 0.1) is 6.92 Å². The van der Waals surface area contributed by atoms with Crippen molar-refractivity contribution in [2.24, 2.45) is 0 Å². The van der Waals surface area contributed by atoms with Crippen LogP contribution in [0.4, 0.5) is 10.6 Å². The van der Waals surface area contributed by atoms with E-state index in [1.807, 2.05) is 38.8 Å². The first-order chi connectivity index (χ1) is 9.83. The van der Waals surface area contributed by atoms with Crippen molar-refractivity contribution >= 4 is 11.9 Å². The van der Waals surface area contributed by atoms with Crippen LogP contribution in [0.3, 0.4) is 0 Å². The van der Waals surface area contributed by atoms with Crippen molar-refractivity contribution in [1.82, 2.24) is 9.88 Å². The lowest BCUT2D eigenvalue weighted by molar-refractivity contribution is 0.0214. The van der Waals surface area contributed by atoms with E-state index in [1.54, 1.807) is 0 Å². The van der Waals surface area contributed by atoms with Crippen LogP contribution in [0.5, 0.6) is 0 Å². The standard InChI is InChI=1S/C16H23N3O2/c1-11-5-6-14(17-8-11)18-9-13-7-12(18)10-19(13)15(20)21-16(2,3)4/h5-6,8,12-13H,7,9-10H2,1-4H3/t12-,13-/m0/s1. The number of ether oxygens (including phenoxy) is 1. The lowest BCUT2D eigenvalue weighted by atomic mass is 10.2. The van der Waals surface area contributed by atoms with Crippen LogP contribution >= 0.6 is 0 Å². The van der Waals surface area contributed by atoms with Crippen LogP contribution in [-0.4, -0.2) is 46.8 Å². The molecule has 0 radical (unpaired) electrons. The highest BCUT2D eigenvalue weighted by molar-refractivity contribution is 5.70. The molecule has 0 unspecified atom stereocenters. The number of hydrogen-bond donors (Lipinski definition) is 0. The van der Waals surface area contributed by atoms with E-state index >= 15 is 0 Å². The van der Waals surface area contributed by atoms with Gasteiger partial charge in [0.15, 0.2) is 0 Å². The Bertz CT molecular complexity index is 535. The van der Waals surface area contributed by atoms with Crippen molar-refractivity contribution in [1.29, 1.82) is 0 Å². The van der Waals surface area contributed by atoms with Crippen molar-refractivity contribution in [3.8, 4) is 0 Å². The molecule has 5 nitrogen and oxygen atoms in total. The first-order valence-corrected chi connectivity index (χ1v) is 7.52. The molecule has 3 rings (SSSR count). The molecule has 0 spiro atoms. The number of likely N-dealkylation sites (tertiary alicyclic amines) is 1. The van der Waals surface area contributed by atoms with Crippen molar-refractivity contribution < 1.29 is 9.53 Å². The summed E-state index contributed by atoms with van der Waals surface area (Å²) in [6.07, 6.45) is 2.72. The molecule has 0 aliphatic carbocycles.